The molecule has 0 heterocycles. The van der Waals surface area contributed by atoms with Gasteiger partial charge in [0.1, 0.15) is 0 Å². The summed E-state index contributed by atoms with van der Waals surface area (Å²) in [7, 11) is 1.86. The quantitative estimate of drug-likeness (QED) is 0.751. The van der Waals surface area contributed by atoms with Crippen molar-refractivity contribution in [2.75, 3.05) is 7.05 Å². The van der Waals surface area contributed by atoms with E-state index in [1.807, 2.05) is 7.05 Å². The molecule has 0 bridgehead atoms. The zero-order chi connectivity index (χ0) is 12.9. The normalized spacial score (nSPS) is 27.5. The Bertz CT molecular complexity index is 259. The van der Waals surface area contributed by atoms with Crippen molar-refractivity contribution < 1.29 is 13.2 Å². The van der Waals surface area contributed by atoms with Crippen LogP contribution in [0, 0.1) is 24.2 Å². The molecule has 98 valence electrons. The Hall–Kier alpha value is -0.690. The van der Waals surface area contributed by atoms with Crippen molar-refractivity contribution in [3.63, 3.8) is 0 Å². The van der Waals surface area contributed by atoms with E-state index >= 15 is 0 Å². The molecular formula is C13H20F3N. The maximum Gasteiger partial charge on any atom is 0.391 e. The molecule has 0 aromatic carbocycles. The van der Waals surface area contributed by atoms with Gasteiger partial charge in [-0.05, 0) is 45.1 Å². The number of alkyl halides is 3. The Morgan fingerprint density at radius 3 is 2.29 bits per heavy atom. The number of nitrogens with one attached hydrogen (secondary N) is 1. The van der Waals surface area contributed by atoms with Crippen molar-refractivity contribution >= 4 is 0 Å². The van der Waals surface area contributed by atoms with Gasteiger partial charge in [0.15, 0.2) is 0 Å². The standard InChI is InChI=1S/C13H20F3N/c1-3-4-5-12(17-2)10-6-8-11(9-7-10)13(14,15)16/h1,10-12,17H,4-9H2,2H3. The number of terminal acetylenes is 1. The first kappa shape index (κ1) is 14.4. The molecule has 4 heteroatoms. The Balaban J connectivity index is 2.42. The van der Waals surface area contributed by atoms with Gasteiger partial charge >= 0.3 is 6.18 Å². The Morgan fingerprint density at radius 1 is 1.29 bits per heavy atom. The third-order valence-electron chi connectivity index (χ3n) is 3.77. The Labute approximate surface area is 101 Å². The summed E-state index contributed by atoms with van der Waals surface area (Å²) in [5, 5.41) is 3.18. The lowest BCUT2D eigenvalue weighted by atomic mass is 9.77. The van der Waals surface area contributed by atoms with Crippen LogP contribution in [-0.2, 0) is 0 Å². The minimum Gasteiger partial charge on any atom is -0.317 e. The van der Waals surface area contributed by atoms with E-state index < -0.39 is 12.1 Å². The predicted molar refractivity (Wildman–Crippen MR) is 62.4 cm³/mol. The Morgan fingerprint density at radius 2 is 1.88 bits per heavy atom. The van der Waals surface area contributed by atoms with Gasteiger partial charge in [-0.3, -0.25) is 0 Å². The summed E-state index contributed by atoms with van der Waals surface area (Å²) in [6.07, 6.45) is 4.58. The number of hydrogen-bond acceptors (Lipinski definition) is 1. The highest BCUT2D eigenvalue weighted by atomic mass is 19.4. The van der Waals surface area contributed by atoms with Crippen molar-refractivity contribution in [1.82, 2.24) is 5.32 Å². The highest BCUT2D eigenvalue weighted by Gasteiger charge is 2.42. The van der Waals surface area contributed by atoms with E-state index in [4.69, 9.17) is 6.42 Å². The molecule has 0 aliphatic heterocycles. The van der Waals surface area contributed by atoms with E-state index in [1.165, 1.54) is 0 Å². The first-order valence-electron chi connectivity index (χ1n) is 6.16. The molecule has 1 nitrogen and oxygen atoms in total. The maximum atomic E-state index is 12.5. The van der Waals surface area contributed by atoms with Gasteiger partial charge in [0.25, 0.3) is 0 Å². The zero-order valence-corrected chi connectivity index (χ0v) is 10.2. The second-order valence-corrected chi connectivity index (χ2v) is 4.79. The average molecular weight is 247 g/mol. The average Bonchev–Trinajstić information content (AvgIpc) is 2.29. The van der Waals surface area contributed by atoms with Gasteiger partial charge in [0, 0.05) is 12.5 Å². The lowest BCUT2D eigenvalue weighted by molar-refractivity contribution is -0.184. The van der Waals surface area contributed by atoms with Crippen LogP contribution < -0.4 is 5.32 Å². The summed E-state index contributed by atoms with van der Waals surface area (Å²) in [6.45, 7) is 0. The van der Waals surface area contributed by atoms with Gasteiger partial charge < -0.3 is 5.32 Å². The smallest absolute Gasteiger partial charge is 0.317 e. The van der Waals surface area contributed by atoms with Crippen molar-refractivity contribution in [3.8, 4) is 12.3 Å². The molecule has 1 saturated carbocycles. The third kappa shape index (κ3) is 4.23. The molecule has 1 unspecified atom stereocenters. The molecule has 0 aromatic heterocycles. The number of halogens is 3. The van der Waals surface area contributed by atoms with Crippen molar-refractivity contribution in [2.45, 2.75) is 50.7 Å². The molecule has 0 radical (unpaired) electrons. The molecule has 1 fully saturated rings. The van der Waals surface area contributed by atoms with Gasteiger partial charge in [-0.15, -0.1) is 12.3 Å². The molecule has 1 rings (SSSR count). The van der Waals surface area contributed by atoms with E-state index in [9.17, 15) is 13.2 Å². The molecule has 0 aromatic rings. The fraction of sp³-hybridized carbons (Fsp3) is 0.846. The van der Waals surface area contributed by atoms with E-state index in [2.05, 4.69) is 11.2 Å². The van der Waals surface area contributed by atoms with Crippen LogP contribution in [0.3, 0.4) is 0 Å². The van der Waals surface area contributed by atoms with Gasteiger partial charge in [0.2, 0.25) is 0 Å². The van der Waals surface area contributed by atoms with E-state index in [-0.39, 0.29) is 18.9 Å². The van der Waals surface area contributed by atoms with Crippen molar-refractivity contribution in [2.24, 2.45) is 11.8 Å². The summed E-state index contributed by atoms with van der Waals surface area (Å²) in [6, 6.07) is 0.264. The van der Waals surface area contributed by atoms with Gasteiger partial charge in [-0.1, -0.05) is 0 Å². The number of rotatable bonds is 4. The van der Waals surface area contributed by atoms with Crippen LogP contribution in [0.25, 0.3) is 0 Å². The fourth-order valence-electron chi connectivity index (χ4n) is 2.70. The molecule has 1 aliphatic carbocycles. The highest BCUT2D eigenvalue weighted by molar-refractivity contribution is 4.89. The van der Waals surface area contributed by atoms with Crippen LogP contribution in [0.2, 0.25) is 0 Å². The third-order valence-corrected chi connectivity index (χ3v) is 3.77. The topological polar surface area (TPSA) is 12.0 Å². The minimum atomic E-state index is -4.01. The van der Waals surface area contributed by atoms with Crippen LogP contribution in [0.5, 0.6) is 0 Å². The van der Waals surface area contributed by atoms with Crippen molar-refractivity contribution in [1.29, 1.82) is 0 Å². The van der Waals surface area contributed by atoms with Crippen LogP contribution >= 0.6 is 0 Å². The molecule has 17 heavy (non-hydrogen) atoms. The fourth-order valence-corrected chi connectivity index (χ4v) is 2.70. The van der Waals surface area contributed by atoms with Crippen LogP contribution in [0.1, 0.15) is 38.5 Å². The molecular weight excluding hydrogens is 227 g/mol. The summed E-state index contributed by atoms with van der Waals surface area (Å²) in [4.78, 5) is 0. The minimum absolute atomic E-state index is 0.264. The highest BCUT2D eigenvalue weighted by Crippen LogP contribution is 2.40. The molecule has 0 spiro atoms. The van der Waals surface area contributed by atoms with Gasteiger partial charge in [-0.25, -0.2) is 0 Å². The van der Waals surface area contributed by atoms with Crippen LogP contribution in [-0.4, -0.2) is 19.3 Å². The zero-order valence-electron chi connectivity index (χ0n) is 10.2. The summed E-state index contributed by atoms with van der Waals surface area (Å²) >= 11 is 0. The van der Waals surface area contributed by atoms with Crippen molar-refractivity contribution in [3.05, 3.63) is 0 Å². The lowest BCUT2D eigenvalue weighted by Crippen LogP contribution is -2.38. The van der Waals surface area contributed by atoms with Gasteiger partial charge in [-0.2, -0.15) is 13.2 Å². The first-order chi connectivity index (χ1) is 7.99. The molecule has 1 atom stereocenters. The Kier molecular flexibility index (Phi) is 5.32. The SMILES string of the molecule is C#CCCC(NC)C1CCC(C(F)(F)F)CC1. The molecule has 1 N–H and O–H groups in total. The monoisotopic (exact) mass is 247 g/mol. The summed E-state index contributed by atoms with van der Waals surface area (Å²) in [5.74, 6) is 1.83. The second kappa shape index (κ2) is 6.30. The van der Waals surface area contributed by atoms with Gasteiger partial charge in [0.05, 0.1) is 5.92 Å². The number of hydrogen-bond donors (Lipinski definition) is 1. The largest absolute Gasteiger partial charge is 0.391 e. The maximum absolute atomic E-state index is 12.5. The molecule has 1 aliphatic rings. The van der Waals surface area contributed by atoms with Crippen LogP contribution in [0.4, 0.5) is 13.2 Å². The summed E-state index contributed by atoms with van der Waals surface area (Å²) in [5.41, 5.74) is 0. The van der Waals surface area contributed by atoms with Crippen LogP contribution in [0.15, 0.2) is 0 Å². The summed E-state index contributed by atoms with van der Waals surface area (Å²) < 4.78 is 37.5. The molecule has 0 saturated heterocycles. The predicted octanol–water partition coefficient (Wildman–Crippen LogP) is 3.36. The van der Waals surface area contributed by atoms with E-state index in [0.717, 1.165) is 6.42 Å². The first-order valence-corrected chi connectivity index (χ1v) is 6.16. The molecule has 0 amide bonds. The van der Waals surface area contributed by atoms with E-state index in [1.54, 1.807) is 0 Å². The lowest BCUT2D eigenvalue weighted by Gasteiger charge is -2.34. The van der Waals surface area contributed by atoms with E-state index in [0.29, 0.717) is 25.2 Å². The second-order valence-electron chi connectivity index (χ2n) is 4.79.